The van der Waals surface area contributed by atoms with Crippen molar-refractivity contribution in [3.05, 3.63) is 70.2 Å². The summed E-state index contributed by atoms with van der Waals surface area (Å²) in [6.45, 7) is 7.72. The summed E-state index contributed by atoms with van der Waals surface area (Å²) in [5.74, 6) is 3.66. The van der Waals surface area contributed by atoms with Gasteiger partial charge in [0.2, 0.25) is 0 Å². The molecule has 32 heavy (non-hydrogen) atoms. The molecule has 0 saturated carbocycles. The molecule has 0 spiro atoms. The van der Waals surface area contributed by atoms with E-state index in [9.17, 15) is 5.11 Å². The van der Waals surface area contributed by atoms with Crippen LogP contribution in [0.25, 0.3) is 0 Å². The predicted octanol–water partition coefficient (Wildman–Crippen LogP) is 5.59. The van der Waals surface area contributed by atoms with Gasteiger partial charge in [-0.3, -0.25) is 4.90 Å². The van der Waals surface area contributed by atoms with Crippen molar-refractivity contribution in [1.82, 2.24) is 4.90 Å². The predicted molar refractivity (Wildman–Crippen MR) is 136 cm³/mol. The molecule has 0 aromatic heterocycles. The number of β-amino-alcohol motifs (C(OH)–C–C–N with tert-alkyl or cyclic N) is 1. The molecule has 0 bridgehead atoms. The highest BCUT2D eigenvalue weighted by atomic mass is 35.5. The first-order valence-electron chi connectivity index (χ1n) is 10.8. The molecule has 4 nitrogen and oxygen atoms in total. The Morgan fingerprint density at radius 3 is 2.44 bits per heavy atom. The summed E-state index contributed by atoms with van der Waals surface area (Å²) in [7, 11) is 0. The molecule has 1 aliphatic heterocycles. The molecule has 174 valence electrons. The summed E-state index contributed by atoms with van der Waals surface area (Å²) in [4.78, 5) is 2.30. The SMILES string of the molecule is CC(C)(c1ccc(OC[C@@H](O)CN2CCSCC2)cc1)c1ccc(OC/C=C/Cl)c(Cl)c1. The number of benzene rings is 2. The van der Waals surface area contributed by atoms with Crippen LogP contribution >= 0.6 is 35.0 Å². The van der Waals surface area contributed by atoms with Gasteiger partial charge in [-0.2, -0.15) is 11.8 Å². The molecule has 2 aromatic rings. The molecular weight excluding hydrogens is 465 g/mol. The third kappa shape index (κ3) is 7.06. The number of nitrogens with zero attached hydrogens (tertiary/aromatic N) is 1. The number of aliphatic hydroxyl groups is 1. The molecule has 1 aliphatic rings. The zero-order valence-electron chi connectivity index (χ0n) is 18.6. The van der Waals surface area contributed by atoms with Crippen LogP contribution in [0.2, 0.25) is 5.02 Å². The Hall–Kier alpha value is -1.37. The minimum absolute atomic E-state index is 0.247. The average molecular weight is 497 g/mol. The number of ether oxygens (including phenoxy) is 2. The van der Waals surface area contributed by atoms with Gasteiger partial charge in [0.1, 0.15) is 30.8 Å². The second-order valence-corrected chi connectivity index (χ2v) is 10.2. The van der Waals surface area contributed by atoms with Crippen LogP contribution in [0.15, 0.2) is 54.1 Å². The molecule has 1 N–H and O–H groups in total. The summed E-state index contributed by atoms with van der Waals surface area (Å²) in [6.07, 6.45) is 1.22. The normalized spacial score (nSPS) is 16.3. The number of halogens is 2. The van der Waals surface area contributed by atoms with E-state index in [0.29, 0.717) is 30.5 Å². The zero-order chi connectivity index (χ0) is 23.0. The Kier molecular flexibility index (Phi) is 9.62. The summed E-state index contributed by atoms with van der Waals surface area (Å²) < 4.78 is 11.4. The first kappa shape index (κ1) is 25.3. The van der Waals surface area contributed by atoms with Crippen molar-refractivity contribution < 1.29 is 14.6 Å². The van der Waals surface area contributed by atoms with Crippen LogP contribution in [-0.4, -0.2) is 60.5 Å². The number of rotatable bonds is 10. The molecular formula is C25H31Cl2NO3S. The van der Waals surface area contributed by atoms with Crippen molar-refractivity contribution in [3.8, 4) is 11.5 Å². The van der Waals surface area contributed by atoms with Gasteiger partial charge in [0.05, 0.1) is 5.02 Å². The van der Waals surface area contributed by atoms with Gasteiger partial charge in [0, 0.05) is 42.1 Å². The van der Waals surface area contributed by atoms with Gasteiger partial charge in [0.15, 0.2) is 0 Å². The van der Waals surface area contributed by atoms with Gasteiger partial charge in [-0.1, -0.05) is 55.2 Å². The number of aliphatic hydroxyl groups excluding tert-OH is 1. The lowest BCUT2D eigenvalue weighted by atomic mass is 9.78. The van der Waals surface area contributed by atoms with Crippen LogP contribution in [0, 0.1) is 0 Å². The summed E-state index contributed by atoms with van der Waals surface area (Å²) in [5.41, 5.74) is 3.41. The fourth-order valence-electron chi connectivity index (χ4n) is 3.64. The van der Waals surface area contributed by atoms with Crippen molar-refractivity contribution in [1.29, 1.82) is 0 Å². The highest BCUT2D eigenvalue weighted by molar-refractivity contribution is 7.99. The van der Waals surface area contributed by atoms with Gasteiger partial charge >= 0.3 is 0 Å². The Morgan fingerprint density at radius 1 is 1.09 bits per heavy atom. The van der Waals surface area contributed by atoms with Gasteiger partial charge in [0.25, 0.3) is 0 Å². The minimum atomic E-state index is -0.489. The van der Waals surface area contributed by atoms with Gasteiger partial charge in [-0.05, 0) is 41.5 Å². The maximum atomic E-state index is 10.3. The molecule has 2 aromatic carbocycles. The Balaban J connectivity index is 1.58. The van der Waals surface area contributed by atoms with Crippen LogP contribution in [0.3, 0.4) is 0 Å². The molecule has 1 heterocycles. The molecule has 3 rings (SSSR count). The monoisotopic (exact) mass is 495 g/mol. The second kappa shape index (κ2) is 12.2. The van der Waals surface area contributed by atoms with Crippen molar-refractivity contribution in [2.45, 2.75) is 25.4 Å². The maximum absolute atomic E-state index is 10.3. The highest BCUT2D eigenvalue weighted by Crippen LogP contribution is 2.36. The number of hydrogen-bond acceptors (Lipinski definition) is 5. The van der Waals surface area contributed by atoms with Gasteiger partial charge in [-0.15, -0.1) is 0 Å². The van der Waals surface area contributed by atoms with E-state index in [2.05, 4.69) is 30.9 Å². The van der Waals surface area contributed by atoms with E-state index in [1.165, 1.54) is 5.54 Å². The quantitative estimate of drug-likeness (QED) is 0.465. The van der Waals surface area contributed by atoms with Crippen molar-refractivity contribution in [2.75, 3.05) is 44.4 Å². The third-order valence-electron chi connectivity index (χ3n) is 5.67. The van der Waals surface area contributed by atoms with E-state index < -0.39 is 6.10 Å². The fraction of sp³-hybridized carbons (Fsp3) is 0.440. The molecule has 7 heteroatoms. The molecule has 0 aliphatic carbocycles. The topological polar surface area (TPSA) is 41.9 Å². The Labute approximate surface area is 205 Å². The van der Waals surface area contributed by atoms with Crippen LogP contribution in [-0.2, 0) is 5.41 Å². The van der Waals surface area contributed by atoms with Gasteiger partial charge in [-0.25, -0.2) is 0 Å². The van der Waals surface area contributed by atoms with Crippen LogP contribution in [0.4, 0.5) is 0 Å². The lowest BCUT2D eigenvalue weighted by Crippen LogP contribution is -2.40. The zero-order valence-corrected chi connectivity index (χ0v) is 20.9. The van der Waals surface area contributed by atoms with E-state index in [1.807, 2.05) is 42.1 Å². The molecule has 0 amide bonds. The molecule has 0 unspecified atom stereocenters. The van der Waals surface area contributed by atoms with E-state index in [0.717, 1.165) is 41.5 Å². The first-order valence-corrected chi connectivity index (χ1v) is 12.8. The van der Waals surface area contributed by atoms with Crippen LogP contribution < -0.4 is 9.47 Å². The molecule has 1 saturated heterocycles. The smallest absolute Gasteiger partial charge is 0.138 e. The van der Waals surface area contributed by atoms with Crippen LogP contribution in [0.5, 0.6) is 11.5 Å². The van der Waals surface area contributed by atoms with Crippen LogP contribution in [0.1, 0.15) is 25.0 Å². The van der Waals surface area contributed by atoms with E-state index in [4.69, 9.17) is 32.7 Å². The second-order valence-electron chi connectivity index (χ2n) is 8.35. The number of thioether (sulfide) groups is 1. The maximum Gasteiger partial charge on any atom is 0.138 e. The summed E-state index contributed by atoms with van der Waals surface area (Å²) in [5, 5.41) is 10.9. The van der Waals surface area contributed by atoms with Crippen molar-refractivity contribution in [3.63, 3.8) is 0 Å². The molecule has 0 radical (unpaired) electrons. The fourth-order valence-corrected chi connectivity index (χ4v) is 4.93. The van der Waals surface area contributed by atoms with Crippen molar-refractivity contribution in [2.24, 2.45) is 0 Å². The van der Waals surface area contributed by atoms with Gasteiger partial charge < -0.3 is 14.6 Å². The van der Waals surface area contributed by atoms with Crippen molar-refractivity contribution >= 4 is 35.0 Å². The summed E-state index contributed by atoms with van der Waals surface area (Å²) >= 11 is 13.9. The lowest BCUT2D eigenvalue weighted by Gasteiger charge is -2.28. The van der Waals surface area contributed by atoms with E-state index in [-0.39, 0.29) is 5.41 Å². The largest absolute Gasteiger partial charge is 0.491 e. The molecule has 1 atom stereocenters. The third-order valence-corrected chi connectivity index (χ3v) is 7.08. The first-order chi connectivity index (χ1) is 15.4. The standard InChI is InChI=1S/C25H31Cl2NO3S/c1-25(2,20-6-9-24(23(27)16-20)30-13-3-10-26)19-4-7-22(8-5-19)31-18-21(29)17-28-11-14-32-15-12-28/h3-10,16,21,29H,11-15,17-18H2,1-2H3/b10-3+/t21-/m0/s1. The van der Waals surface area contributed by atoms with E-state index in [1.54, 1.807) is 6.08 Å². The van der Waals surface area contributed by atoms with E-state index >= 15 is 0 Å². The Bertz CT molecular complexity index is 883. The summed E-state index contributed by atoms with van der Waals surface area (Å²) in [6, 6.07) is 13.9. The number of hydrogen-bond donors (Lipinski definition) is 1. The minimum Gasteiger partial charge on any atom is -0.491 e. The average Bonchev–Trinajstić information content (AvgIpc) is 2.80. The molecule has 1 fully saturated rings. The Morgan fingerprint density at radius 2 is 1.78 bits per heavy atom. The highest BCUT2D eigenvalue weighted by Gasteiger charge is 2.24. The lowest BCUT2D eigenvalue weighted by molar-refractivity contribution is 0.0715.